The van der Waals surface area contributed by atoms with Crippen LogP contribution < -0.4 is 11.1 Å². The molecule has 1 aromatic heterocycles. The minimum Gasteiger partial charge on any atom is -0.384 e. The smallest absolute Gasteiger partial charge is 0.265 e. The van der Waals surface area contributed by atoms with Gasteiger partial charge in [-0.3, -0.25) is 4.79 Å². The van der Waals surface area contributed by atoms with Gasteiger partial charge < -0.3 is 15.9 Å². The first-order valence-electron chi connectivity index (χ1n) is 6.22. The van der Waals surface area contributed by atoms with E-state index in [2.05, 4.69) is 42.3 Å². The van der Waals surface area contributed by atoms with Crippen LogP contribution in [0.25, 0.3) is 0 Å². The summed E-state index contributed by atoms with van der Waals surface area (Å²) >= 11 is 8.27. The molecule has 0 saturated carbocycles. The lowest BCUT2D eigenvalue weighted by atomic mass is 10.2. The lowest BCUT2D eigenvalue weighted by Crippen LogP contribution is -2.19. The lowest BCUT2D eigenvalue weighted by molar-refractivity contribution is -0.120. The Morgan fingerprint density at radius 2 is 2.09 bits per heavy atom. The van der Waals surface area contributed by atoms with Gasteiger partial charge in [0, 0.05) is 8.95 Å². The Hall–Kier alpha value is -1.38. The van der Waals surface area contributed by atoms with E-state index in [0.717, 1.165) is 19.4 Å². The first kappa shape index (κ1) is 17.0. The normalized spacial score (nSPS) is 11.3. The SMILES string of the molecule is Cc1cc(Br)c(NC(=O)CO/N=C(/N)c2cccs2)c(Br)c1. The fourth-order valence-electron chi connectivity index (χ4n) is 1.62. The van der Waals surface area contributed by atoms with E-state index in [9.17, 15) is 4.79 Å². The minimum atomic E-state index is -0.326. The summed E-state index contributed by atoms with van der Waals surface area (Å²) in [5.74, 6) is -0.0755. The average molecular weight is 447 g/mol. The molecule has 0 bridgehead atoms. The van der Waals surface area contributed by atoms with E-state index in [1.807, 2.05) is 36.6 Å². The van der Waals surface area contributed by atoms with Gasteiger partial charge in [-0.1, -0.05) is 11.2 Å². The monoisotopic (exact) mass is 445 g/mol. The molecule has 0 aliphatic carbocycles. The Kier molecular flexibility index (Phi) is 5.98. The van der Waals surface area contributed by atoms with Crippen LogP contribution in [-0.2, 0) is 9.63 Å². The summed E-state index contributed by atoms with van der Waals surface area (Å²) in [6, 6.07) is 7.51. The molecule has 3 N–H and O–H groups in total. The second kappa shape index (κ2) is 7.75. The number of hydrogen-bond acceptors (Lipinski definition) is 4. The Balaban J connectivity index is 1.93. The first-order valence-corrected chi connectivity index (χ1v) is 8.68. The molecule has 2 aromatic rings. The van der Waals surface area contributed by atoms with Crippen molar-refractivity contribution in [1.29, 1.82) is 0 Å². The molecule has 0 atom stereocenters. The Morgan fingerprint density at radius 1 is 1.41 bits per heavy atom. The quantitative estimate of drug-likeness (QED) is 0.416. The Labute approximate surface area is 148 Å². The number of oxime groups is 1. The van der Waals surface area contributed by atoms with Crippen LogP contribution in [0.15, 0.2) is 43.7 Å². The zero-order valence-electron chi connectivity index (χ0n) is 11.6. The van der Waals surface area contributed by atoms with E-state index in [1.165, 1.54) is 11.3 Å². The fourth-order valence-corrected chi connectivity index (χ4v) is 3.86. The van der Waals surface area contributed by atoms with Crippen molar-refractivity contribution in [3.05, 3.63) is 49.0 Å². The Morgan fingerprint density at radius 3 is 2.68 bits per heavy atom. The number of nitrogens with zero attached hydrogens (tertiary/aromatic N) is 1. The van der Waals surface area contributed by atoms with Crippen LogP contribution in [0.3, 0.4) is 0 Å². The van der Waals surface area contributed by atoms with Crippen LogP contribution in [0, 0.1) is 6.92 Å². The molecular formula is C14H13Br2N3O2S. The van der Waals surface area contributed by atoms with Crippen LogP contribution in [-0.4, -0.2) is 18.3 Å². The maximum atomic E-state index is 11.9. The van der Waals surface area contributed by atoms with E-state index in [1.54, 1.807) is 0 Å². The zero-order chi connectivity index (χ0) is 16.1. The third-order valence-electron chi connectivity index (χ3n) is 2.58. The van der Waals surface area contributed by atoms with Crippen LogP contribution in [0.1, 0.15) is 10.4 Å². The Bertz CT molecular complexity index is 679. The number of benzene rings is 1. The topological polar surface area (TPSA) is 76.7 Å². The number of halogens is 2. The van der Waals surface area contributed by atoms with Crippen molar-refractivity contribution in [3.8, 4) is 0 Å². The number of rotatable bonds is 5. The first-order chi connectivity index (χ1) is 10.5. The molecule has 1 heterocycles. The highest BCUT2D eigenvalue weighted by molar-refractivity contribution is 9.11. The number of anilines is 1. The standard InChI is InChI=1S/C14H13Br2N3O2S/c1-8-5-9(15)13(10(16)6-8)18-12(20)7-21-19-14(17)11-3-2-4-22-11/h2-6H,7H2,1H3,(H2,17,19)(H,18,20). The number of amidine groups is 1. The number of carbonyl (C=O) groups excluding carboxylic acids is 1. The number of amides is 1. The van der Waals surface area contributed by atoms with E-state index in [-0.39, 0.29) is 18.3 Å². The maximum absolute atomic E-state index is 11.9. The number of aryl methyl sites for hydroxylation is 1. The summed E-state index contributed by atoms with van der Waals surface area (Å²) in [6.45, 7) is 1.74. The molecular weight excluding hydrogens is 434 g/mol. The maximum Gasteiger partial charge on any atom is 0.265 e. The number of carbonyl (C=O) groups is 1. The molecule has 0 aliphatic heterocycles. The van der Waals surface area contributed by atoms with Crippen molar-refractivity contribution >= 4 is 60.6 Å². The van der Waals surface area contributed by atoms with Crippen molar-refractivity contribution in [2.45, 2.75) is 6.92 Å². The number of thiophene rings is 1. The molecule has 0 fully saturated rings. The van der Waals surface area contributed by atoms with Gasteiger partial charge in [0.2, 0.25) is 0 Å². The van der Waals surface area contributed by atoms with Crippen LogP contribution in [0.4, 0.5) is 5.69 Å². The molecule has 1 amide bonds. The van der Waals surface area contributed by atoms with Crippen LogP contribution in [0.2, 0.25) is 0 Å². The summed E-state index contributed by atoms with van der Waals surface area (Å²) in [7, 11) is 0. The molecule has 22 heavy (non-hydrogen) atoms. The van der Waals surface area contributed by atoms with Gasteiger partial charge in [0.25, 0.3) is 5.91 Å². The highest BCUT2D eigenvalue weighted by Gasteiger charge is 2.10. The molecule has 1 aromatic carbocycles. The van der Waals surface area contributed by atoms with Gasteiger partial charge >= 0.3 is 0 Å². The second-order valence-corrected chi connectivity index (χ2v) is 7.04. The van der Waals surface area contributed by atoms with Crippen molar-refractivity contribution in [2.75, 3.05) is 11.9 Å². The number of nitrogens with one attached hydrogen (secondary N) is 1. The van der Waals surface area contributed by atoms with Gasteiger partial charge in [0.15, 0.2) is 12.4 Å². The predicted molar refractivity (Wildman–Crippen MR) is 96.2 cm³/mol. The zero-order valence-corrected chi connectivity index (χ0v) is 15.6. The molecule has 116 valence electrons. The van der Waals surface area contributed by atoms with E-state index < -0.39 is 0 Å². The van der Waals surface area contributed by atoms with Gasteiger partial charge in [-0.25, -0.2) is 0 Å². The fraction of sp³-hybridized carbons (Fsp3) is 0.143. The summed E-state index contributed by atoms with van der Waals surface area (Å²) in [4.78, 5) is 17.7. The van der Waals surface area contributed by atoms with Gasteiger partial charge in [-0.05, 0) is 67.9 Å². The van der Waals surface area contributed by atoms with Crippen molar-refractivity contribution < 1.29 is 9.63 Å². The molecule has 0 aliphatic rings. The van der Waals surface area contributed by atoms with Crippen molar-refractivity contribution in [2.24, 2.45) is 10.9 Å². The molecule has 8 heteroatoms. The van der Waals surface area contributed by atoms with E-state index in [0.29, 0.717) is 5.69 Å². The third kappa shape index (κ3) is 4.56. The van der Waals surface area contributed by atoms with Gasteiger partial charge in [0.05, 0.1) is 10.6 Å². The van der Waals surface area contributed by atoms with Crippen molar-refractivity contribution in [1.82, 2.24) is 0 Å². The number of hydrogen-bond donors (Lipinski definition) is 2. The summed E-state index contributed by atoms with van der Waals surface area (Å²) in [5.41, 5.74) is 7.45. The molecule has 0 unspecified atom stereocenters. The predicted octanol–water partition coefficient (Wildman–Crippen LogP) is 3.86. The molecule has 0 radical (unpaired) electrons. The molecule has 0 saturated heterocycles. The van der Waals surface area contributed by atoms with Gasteiger partial charge in [-0.2, -0.15) is 0 Å². The lowest BCUT2D eigenvalue weighted by Gasteiger charge is -2.10. The van der Waals surface area contributed by atoms with Crippen molar-refractivity contribution in [3.63, 3.8) is 0 Å². The highest BCUT2D eigenvalue weighted by Crippen LogP contribution is 2.32. The summed E-state index contributed by atoms with van der Waals surface area (Å²) < 4.78 is 1.57. The largest absolute Gasteiger partial charge is 0.384 e. The average Bonchev–Trinajstić information content (AvgIpc) is 2.97. The van der Waals surface area contributed by atoms with Gasteiger partial charge in [0.1, 0.15) is 0 Å². The number of nitrogens with two attached hydrogens (primary N) is 1. The van der Waals surface area contributed by atoms with Gasteiger partial charge in [-0.15, -0.1) is 11.3 Å². The van der Waals surface area contributed by atoms with E-state index in [4.69, 9.17) is 10.6 Å². The molecule has 5 nitrogen and oxygen atoms in total. The van der Waals surface area contributed by atoms with Crippen LogP contribution in [0.5, 0.6) is 0 Å². The molecule has 2 rings (SSSR count). The van der Waals surface area contributed by atoms with E-state index >= 15 is 0 Å². The second-order valence-electron chi connectivity index (χ2n) is 4.38. The van der Waals surface area contributed by atoms with Crippen LogP contribution >= 0.6 is 43.2 Å². The summed E-state index contributed by atoms with van der Waals surface area (Å²) in [5, 5.41) is 8.36. The minimum absolute atomic E-state index is 0.223. The third-order valence-corrected chi connectivity index (χ3v) is 4.73. The highest BCUT2D eigenvalue weighted by atomic mass is 79.9. The summed E-state index contributed by atoms with van der Waals surface area (Å²) in [6.07, 6.45) is 0. The molecule has 0 spiro atoms.